The number of nitrogens with one attached hydrogen (secondary N) is 1. The summed E-state index contributed by atoms with van der Waals surface area (Å²) in [5.74, 6) is -0.273. The molecule has 2 atom stereocenters. The molecule has 2 amide bonds. The first-order chi connectivity index (χ1) is 17.5. The molecule has 9 nitrogen and oxygen atoms in total. The number of benzene rings is 2. The number of carbonyl (C=O) groups excluding carboxylic acids is 2. The molecule has 3 rings (SSSR count). The van der Waals surface area contributed by atoms with E-state index in [0.29, 0.717) is 33.5 Å². The van der Waals surface area contributed by atoms with Crippen molar-refractivity contribution in [3.8, 4) is 11.5 Å². The summed E-state index contributed by atoms with van der Waals surface area (Å²) in [6.07, 6.45) is 0.714. The molecule has 0 unspecified atom stereocenters. The molecule has 1 aliphatic rings. The average Bonchev–Trinajstić information content (AvgIpc) is 3.35. The molecule has 202 valence electrons. The second kappa shape index (κ2) is 12.2. The molecule has 37 heavy (non-hydrogen) atoms. The number of hydrogen-bond donors (Lipinski definition) is 1. The molecule has 12 heteroatoms. The molecule has 1 N–H and O–H groups in total. The molecule has 1 aliphatic heterocycles. The van der Waals surface area contributed by atoms with Crippen LogP contribution >= 0.6 is 23.2 Å². The van der Waals surface area contributed by atoms with Gasteiger partial charge in [-0.15, -0.1) is 0 Å². The minimum Gasteiger partial charge on any atom is -0.454 e. The van der Waals surface area contributed by atoms with Crippen molar-refractivity contribution < 1.29 is 27.5 Å². The van der Waals surface area contributed by atoms with Crippen molar-refractivity contribution in [2.24, 2.45) is 0 Å². The highest BCUT2D eigenvalue weighted by Gasteiger charge is 2.32. The fourth-order valence-corrected chi connectivity index (χ4v) is 5.02. The molecule has 0 radical (unpaired) electrons. The van der Waals surface area contributed by atoms with Crippen molar-refractivity contribution >= 4 is 50.7 Å². The molecule has 0 aliphatic carbocycles. The fourth-order valence-electron chi connectivity index (χ4n) is 3.64. The van der Waals surface area contributed by atoms with Crippen LogP contribution in [0.2, 0.25) is 10.0 Å². The van der Waals surface area contributed by atoms with Gasteiger partial charge in [0, 0.05) is 18.7 Å². The lowest BCUT2D eigenvalue weighted by atomic mass is 10.1. The third-order valence-electron chi connectivity index (χ3n) is 6.13. The zero-order valence-corrected chi connectivity index (χ0v) is 23.5. The summed E-state index contributed by atoms with van der Waals surface area (Å²) >= 11 is 12.2. The van der Waals surface area contributed by atoms with Gasteiger partial charge in [0.25, 0.3) is 0 Å². The van der Waals surface area contributed by atoms with Crippen LogP contribution in [0.1, 0.15) is 39.7 Å². The Morgan fingerprint density at radius 2 is 1.73 bits per heavy atom. The quantitative estimate of drug-likeness (QED) is 0.433. The van der Waals surface area contributed by atoms with Crippen LogP contribution in [0.5, 0.6) is 11.5 Å². The maximum Gasteiger partial charge on any atom is 0.244 e. The standard InChI is InChI=1S/C25H31Cl2N3O6S/c1-5-16(3)28-25(32)17(4)29(13-18-7-9-20(26)21(27)11-18)24(31)14-30(37(33,34)6-2)19-8-10-22-23(12-19)36-15-35-22/h7-12,16-17H,5-6,13-15H2,1-4H3,(H,28,32)/t16-,17+/m1/s1. The Morgan fingerprint density at radius 1 is 1.03 bits per heavy atom. The summed E-state index contributed by atoms with van der Waals surface area (Å²) in [6, 6.07) is 8.60. The Balaban J connectivity index is 1.95. The summed E-state index contributed by atoms with van der Waals surface area (Å²) in [6.45, 7) is 6.43. The second-order valence-electron chi connectivity index (χ2n) is 8.71. The molecule has 0 fully saturated rings. The van der Waals surface area contributed by atoms with Crippen molar-refractivity contribution in [1.29, 1.82) is 0 Å². The van der Waals surface area contributed by atoms with E-state index in [2.05, 4.69) is 5.32 Å². The molecule has 0 saturated heterocycles. The third kappa shape index (κ3) is 7.00. The smallest absolute Gasteiger partial charge is 0.244 e. The fraction of sp³-hybridized carbons (Fsp3) is 0.440. The van der Waals surface area contributed by atoms with Gasteiger partial charge >= 0.3 is 0 Å². The zero-order valence-electron chi connectivity index (χ0n) is 21.2. The van der Waals surface area contributed by atoms with Gasteiger partial charge in [0.15, 0.2) is 11.5 Å². The summed E-state index contributed by atoms with van der Waals surface area (Å²) < 4.78 is 37.9. The SMILES string of the molecule is CC[C@@H](C)NC(=O)[C@H](C)N(Cc1ccc(Cl)c(Cl)c1)C(=O)CN(c1ccc2c(c1)OCO2)S(=O)(=O)CC. The zero-order chi connectivity index (χ0) is 27.3. The molecule has 2 aromatic carbocycles. The van der Waals surface area contributed by atoms with Gasteiger partial charge in [0.05, 0.1) is 21.5 Å². The number of sulfonamides is 1. The van der Waals surface area contributed by atoms with E-state index in [1.165, 1.54) is 17.9 Å². The highest BCUT2D eigenvalue weighted by Crippen LogP contribution is 2.36. The molecule has 0 saturated carbocycles. The molecule has 0 bridgehead atoms. The Bertz CT molecular complexity index is 1260. The van der Waals surface area contributed by atoms with E-state index in [9.17, 15) is 18.0 Å². The van der Waals surface area contributed by atoms with E-state index in [0.717, 1.165) is 4.31 Å². The Morgan fingerprint density at radius 3 is 2.38 bits per heavy atom. The van der Waals surface area contributed by atoms with Gasteiger partial charge in [0.1, 0.15) is 12.6 Å². The van der Waals surface area contributed by atoms with Crippen molar-refractivity contribution in [2.75, 3.05) is 23.4 Å². The van der Waals surface area contributed by atoms with E-state index >= 15 is 0 Å². The summed E-state index contributed by atoms with van der Waals surface area (Å²) in [4.78, 5) is 28.0. The highest BCUT2D eigenvalue weighted by molar-refractivity contribution is 7.92. The number of hydrogen-bond acceptors (Lipinski definition) is 6. The van der Waals surface area contributed by atoms with Crippen LogP contribution < -0.4 is 19.1 Å². The molecular weight excluding hydrogens is 541 g/mol. The topological polar surface area (TPSA) is 105 Å². The van der Waals surface area contributed by atoms with Gasteiger partial charge in [0.2, 0.25) is 28.6 Å². The lowest BCUT2D eigenvalue weighted by Gasteiger charge is -2.32. The van der Waals surface area contributed by atoms with Gasteiger partial charge in [-0.25, -0.2) is 8.42 Å². The number of ether oxygens (including phenoxy) is 2. The van der Waals surface area contributed by atoms with Gasteiger partial charge in [-0.3, -0.25) is 13.9 Å². The highest BCUT2D eigenvalue weighted by atomic mass is 35.5. The normalized spacial score (nSPS) is 14.1. The lowest BCUT2D eigenvalue weighted by Crippen LogP contribution is -2.52. The number of nitrogens with zero attached hydrogens (tertiary/aromatic N) is 2. The number of halogens is 2. The monoisotopic (exact) mass is 571 g/mol. The molecule has 1 heterocycles. The van der Waals surface area contributed by atoms with Crippen LogP contribution in [0.15, 0.2) is 36.4 Å². The Hall–Kier alpha value is -2.69. The van der Waals surface area contributed by atoms with Gasteiger partial charge in [-0.2, -0.15) is 0 Å². The molecule has 0 spiro atoms. The van der Waals surface area contributed by atoms with Gasteiger partial charge in [-0.05, 0) is 57.0 Å². The predicted molar refractivity (Wildman–Crippen MR) is 144 cm³/mol. The predicted octanol–water partition coefficient (Wildman–Crippen LogP) is 4.21. The van der Waals surface area contributed by atoms with E-state index in [4.69, 9.17) is 32.7 Å². The van der Waals surface area contributed by atoms with E-state index in [-0.39, 0.29) is 36.7 Å². The number of rotatable bonds is 11. The summed E-state index contributed by atoms with van der Waals surface area (Å²) in [5, 5.41) is 3.54. The van der Waals surface area contributed by atoms with Crippen molar-refractivity contribution in [2.45, 2.75) is 52.7 Å². The Labute approximate surface area is 227 Å². The maximum absolute atomic E-state index is 13.7. The van der Waals surface area contributed by atoms with Gasteiger partial charge in [-0.1, -0.05) is 36.2 Å². The van der Waals surface area contributed by atoms with Crippen LogP contribution in [0.3, 0.4) is 0 Å². The Kier molecular flexibility index (Phi) is 9.55. The number of carbonyl (C=O) groups is 2. The number of anilines is 1. The maximum atomic E-state index is 13.7. The van der Waals surface area contributed by atoms with Crippen molar-refractivity contribution in [1.82, 2.24) is 10.2 Å². The van der Waals surface area contributed by atoms with Crippen LogP contribution in [0.25, 0.3) is 0 Å². The third-order valence-corrected chi connectivity index (χ3v) is 8.61. The van der Waals surface area contributed by atoms with Gasteiger partial charge < -0.3 is 19.7 Å². The first-order valence-electron chi connectivity index (χ1n) is 11.9. The molecular formula is C25H31Cl2N3O6S. The van der Waals surface area contributed by atoms with Crippen LogP contribution in [-0.4, -0.2) is 56.3 Å². The average molecular weight is 573 g/mol. The van der Waals surface area contributed by atoms with Crippen molar-refractivity contribution in [3.63, 3.8) is 0 Å². The minimum absolute atomic E-state index is 0.0198. The largest absolute Gasteiger partial charge is 0.454 e. The van der Waals surface area contributed by atoms with Crippen LogP contribution in [0, 0.1) is 0 Å². The van der Waals surface area contributed by atoms with Crippen molar-refractivity contribution in [3.05, 3.63) is 52.0 Å². The summed E-state index contributed by atoms with van der Waals surface area (Å²) in [5.41, 5.74) is 0.893. The van der Waals surface area contributed by atoms with E-state index in [1.54, 1.807) is 37.3 Å². The summed E-state index contributed by atoms with van der Waals surface area (Å²) in [7, 11) is -3.86. The van der Waals surface area contributed by atoms with Crippen LogP contribution in [-0.2, 0) is 26.2 Å². The van der Waals surface area contributed by atoms with E-state index < -0.39 is 28.5 Å². The van der Waals surface area contributed by atoms with Crippen LogP contribution in [0.4, 0.5) is 5.69 Å². The number of amides is 2. The molecule has 0 aromatic heterocycles. The van der Waals surface area contributed by atoms with E-state index in [1.807, 2.05) is 13.8 Å². The first kappa shape index (κ1) is 28.9. The number of fused-ring (bicyclic) bond motifs is 1. The molecule has 2 aromatic rings. The lowest BCUT2D eigenvalue weighted by molar-refractivity contribution is -0.139. The first-order valence-corrected chi connectivity index (χ1v) is 14.3. The minimum atomic E-state index is -3.86. The second-order valence-corrected chi connectivity index (χ2v) is 11.7.